The number of nitrogens with zero attached hydrogens (tertiary/aromatic N) is 2. The van der Waals surface area contributed by atoms with Crippen LogP contribution in [0.15, 0.2) is 4.99 Å². The Morgan fingerprint density at radius 3 is 2.55 bits per heavy atom. The fourth-order valence-corrected chi connectivity index (χ4v) is 2.08. The maximum Gasteiger partial charge on any atom is 0.191 e. The van der Waals surface area contributed by atoms with Crippen molar-refractivity contribution in [2.75, 3.05) is 66.2 Å². The van der Waals surface area contributed by atoms with Gasteiger partial charge in [0.15, 0.2) is 5.96 Å². The SMILES string of the molecule is CN=C(NCCCOCC(C)C)NCCN1CCOCC1.I. The topological polar surface area (TPSA) is 58.1 Å². The smallest absolute Gasteiger partial charge is 0.191 e. The molecule has 132 valence electrons. The second kappa shape index (κ2) is 14.5. The van der Waals surface area contributed by atoms with Gasteiger partial charge < -0.3 is 20.1 Å². The Balaban J connectivity index is 0.00000441. The summed E-state index contributed by atoms with van der Waals surface area (Å²) in [6, 6.07) is 0. The first-order chi connectivity index (χ1) is 10.2. The van der Waals surface area contributed by atoms with E-state index in [0.29, 0.717) is 5.92 Å². The molecule has 1 fully saturated rings. The van der Waals surface area contributed by atoms with Crippen LogP contribution in [0.3, 0.4) is 0 Å². The maximum absolute atomic E-state index is 5.55. The molecule has 0 unspecified atom stereocenters. The van der Waals surface area contributed by atoms with Gasteiger partial charge >= 0.3 is 0 Å². The van der Waals surface area contributed by atoms with Crippen LogP contribution < -0.4 is 10.6 Å². The normalized spacial score (nSPS) is 16.5. The zero-order chi connectivity index (χ0) is 15.3. The molecule has 0 aromatic rings. The lowest BCUT2D eigenvalue weighted by Crippen LogP contribution is -2.44. The highest BCUT2D eigenvalue weighted by Gasteiger charge is 2.09. The highest BCUT2D eigenvalue weighted by molar-refractivity contribution is 14.0. The van der Waals surface area contributed by atoms with Crippen LogP contribution >= 0.6 is 24.0 Å². The monoisotopic (exact) mass is 428 g/mol. The van der Waals surface area contributed by atoms with Gasteiger partial charge in [-0.2, -0.15) is 0 Å². The van der Waals surface area contributed by atoms with E-state index < -0.39 is 0 Å². The van der Waals surface area contributed by atoms with Crippen LogP contribution in [-0.4, -0.2) is 77.1 Å². The lowest BCUT2D eigenvalue weighted by molar-refractivity contribution is 0.0389. The lowest BCUT2D eigenvalue weighted by atomic mass is 10.2. The Hall–Kier alpha value is -0.120. The second-order valence-electron chi connectivity index (χ2n) is 5.70. The van der Waals surface area contributed by atoms with Crippen molar-refractivity contribution >= 4 is 29.9 Å². The number of nitrogens with one attached hydrogen (secondary N) is 2. The number of guanidine groups is 1. The third kappa shape index (κ3) is 11.4. The van der Waals surface area contributed by atoms with Crippen molar-refractivity contribution in [3.05, 3.63) is 0 Å². The maximum atomic E-state index is 5.55. The number of hydrogen-bond donors (Lipinski definition) is 2. The van der Waals surface area contributed by atoms with E-state index in [4.69, 9.17) is 9.47 Å². The molecular weight excluding hydrogens is 395 g/mol. The van der Waals surface area contributed by atoms with Gasteiger partial charge in [0.2, 0.25) is 0 Å². The molecule has 2 N–H and O–H groups in total. The van der Waals surface area contributed by atoms with E-state index in [1.54, 1.807) is 7.05 Å². The quantitative estimate of drug-likeness (QED) is 0.250. The molecular formula is C15H33IN4O2. The van der Waals surface area contributed by atoms with Crippen molar-refractivity contribution in [3.8, 4) is 0 Å². The number of hydrogen-bond acceptors (Lipinski definition) is 4. The molecule has 0 radical (unpaired) electrons. The minimum Gasteiger partial charge on any atom is -0.381 e. The third-order valence-corrected chi connectivity index (χ3v) is 3.26. The van der Waals surface area contributed by atoms with E-state index in [2.05, 4.69) is 34.4 Å². The predicted molar refractivity (Wildman–Crippen MR) is 102 cm³/mol. The van der Waals surface area contributed by atoms with E-state index >= 15 is 0 Å². The molecule has 0 aromatic carbocycles. The highest BCUT2D eigenvalue weighted by Crippen LogP contribution is 1.95. The van der Waals surface area contributed by atoms with Crippen LogP contribution in [0.4, 0.5) is 0 Å². The van der Waals surface area contributed by atoms with E-state index in [-0.39, 0.29) is 24.0 Å². The molecule has 0 spiro atoms. The van der Waals surface area contributed by atoms with Crippen LogP contribution in [0.5, 0.6) is 0 Å². The van der Waals surface area contributed by atoms with Gasteiger partial charge in [0, 0.05) is 53.0 Å². The van der Waals surface area contributed by atoms with Gasteiger partial charge in [-0.1, -0.05) is 13.8 Å². The molecule has 1 aliphatic rings. The Kier molecular flexibility index (Phi) is 14.4. The molecule has 1 saturated heterocycles. The Morgan fingerprint density at radius 1 is 1.23 bits per heavy atom. The summed E-state index contributed by atoms with van der Waals surface area (Å²) in [5.74, 6) is 1.47. The van der Waals surface area contributed by atoms with Crippen molar-refractivity contribution in [3.63, 3.8) is 0 Å². The minimum atomic E-state index is 0. The number of aliphatic imine (C=N–C) groups is 1. The molecule has 1 heterocycles. The molecule has 0 atom stereocenters. The Morgan fingerprint density at radius 2 is 1.91 bits per heavy atom. The van der Waals surface area contributed by atoms with Crippen molar-refractivity contribution in [2.24, 2.45) is 10.9 Å². The molecule has 0 bridgehead atoms. The molecule has 0 aliphatic carbocycles. The van der Waals surface area contributed by atoms with Gasteiger partial charge in [-0.25, -0.2) is 0 Å². The van der Waals surface area contributed by atoms with Crippen molar-refractivity contribution in [1.82, 2.24) is 15.5 Å². The molecule has 1 rings (SSSR count). The molecule has 1 aliphatic heterocycles. The summed E-state index contributed by atoms with van der Waals surface area (Å²) in [6.07, 6.45) is 0.997. The Bertz CT molecular complexity index is 285. The van der Waals surface area contributed by atoms with Crippen LogP contribution in [0, 0.1) is 5.92 Å². The third-order valence-electron chi connectivity index (χ3n) is 3.26. The first-order valence-electron chi connectivity index (χ1n) is 8.04. The molecule has 0 amide bonds. The van der Waals surface area contributed by atoms with Gasteiger partial charge in [0.25, 0.3) is 0 Å². The van der Waals surface area contributed by atoms with Gasteiger partial charge in [0.1, 0.15) is 0 Å². The van der Waals surface area contributed by atoms with E-state index in [1.807, 2.05) is 0 Å². The largest absolute Gasteiger partial charge is 0.381 e. The lowest BCUT2D eigenvalue weighted by Gasteiger charge is -2.26. The summed E-state index contributed by atoms with van der Waals surface area (Å²) in [4.78, 5) is 6.63. The molecule has 0 aromatic heterocycles. The molecule has 0 saturated carbocycles. The van der Waals surface area contributed by atoms with Gasteiger partial charge in [0.05, 0.1) is 13.2 Å². The van der Waals surface area contributed by atoms with Crippen LogP contribution in [0.2, 0.25) is 0 Å². The van der Waals surface area contributed by atoms with E-state index in [9.17, 15) is 0 Å². The molecule has 22 heavy (non-hydrogen) atoms. The fraction of sp³-hybridized carbons (Fsp3) is 0.933. The zero-order valence-electron chi connectivity index (χ0n) is 14.3. The van der Waals surface area contributed by atoms with Crippen LogP contribution in [0.25, 0.3) is 0 Å². The van der Waals surface area contributed by atoms with Gasteiger partial charge in [-0.05, 0) is 12.3 Å². The zero-order valence-corrected chi connectivity index (χ0v) is 16.6. The number of ether oxygens (including phenoxy) is 2. The van der Waals surface area contributed by atoms with Crippen LogP contribution in [-0.2, 0) is 9.47 Å². The summed E-state index contributed by atoms with van der Waals surface area (Å²) in [6.45, 7) is 12.5. The van der Waals surface area contributed by atoms with Crippen molar-refractivity contribution < 1.29 is 9.47 Å². The standard InChI is InChI=1S/C15H32N4O2.HI/c1-14(2)13-21-10-4-5-17-15(16-3)18-6-7-19-8-11-20-12-9-19;/h14H,4-13H2,1-3H3,(H2,16,17,18);1H. The number of halogens is 1. The second-order valence-corrected chi connectivity index (χ2v) is 5.70. The van der Waals surface area contributed by atoms with E-state index in [0.717, 1.165) is 71.5 Å². The predicted octanol–water partition coefficient (Wildman–Crippen LogP) is 1.16. The molecule has 6 nitrogen and oxygen atoms in total. The summed E-state index contributed by atoms with van der Waals surface area (Å²) in [5, 5.41) is 6.65. The Labute approximate surface area is 152 Å². The van der Waals surface area contributed by atoms with E-state index in [1.165, 1.54) is 0 Å². The minimum absolute atomic E-state index is 0. The summed E-state index contributed by atoms with van der Waals surface area (Å²) in [7, 11) is 1.80. The van der Waals surface area contributed by atoms with Crippen molar-refractivity contribution in [2.45, 2.75) is 20.3 Å². The first-order valence-corrected chi connectivity index (χ1v) is 8.04. The van der Waals surface area contributed by atoms with Crippen molar-refractivity contribution in [1.29, 1.82) is 0 Å². The first kappa shape index (κ1) is 21.9. The number of morpholine rings is 1. The average molecular weight is 428 g/mol. The highest BCUT2D eigenvalue weighted by atomic mass is 127. The van der Waals surface area contributed by atoms with Crippen LogP contribution in [0.1, 0.15) is 20.3 Å². The summed E-state index contributed by atoms with van der Waals surface area (Å²) >= 11 is 0. The fourth-order valence-electron chi connectivity index (χ4n) is 2.08. The summed E-state index contributed by atoms with van der Waals surface area (Å²) < 4.78 is 10.9. The molecule has 7 heteroatoms. The summed E-state index contributed by atoms with van der Waals surface area (Å²) in [5.41, 5.74) is 0. The average Bonchev–Trinajstić information content (AvgIpc) is 2.49. The van der Waals surface area contributed by atoms with Gasteiger partial charge in [-0.15, -0.1) is 24.0 Å². The van der Waals surface area contributed by atoms with Gasteiger partial charge in [-0.3, -0.25) is 9.89 Å². The number of rotatable bonds is 9.